The summed E-state index contributed by atoms with van der Waals surface area (Å²) in [6.45, 7) is 5.78. The van der Waals surface area contributed by atoms with Gasteiger partial charge in [-0.1, -0.05) is 20.8 Å². The summed E-state index contributed by atoms with van der Waals surface area (Å²) in [5.41, 5.74) is 7.09. The number of hydrogen-bond acceptors (Lipinski definition) is 5. The highest BCUT2D eigenvalue weighted by molar-refractivity contribution is 5.95. The average Bonchev–Trinajstić information content (AvgIpc) is 2.91. The van der Waals surface area contributed by atoms with Gasteiger partial charge in [-0.2, -0.15) is 0 Å². The third-order valence-corrected chi connectivity index (χ3v) is 2.97. The fourth-order valence-corrected chi connectivity index (χ4v) is 1.61. The molecule has 0 aliphatic rings. The molecule has 106 valence electrons. The number of carbonyl (C=O) groups is 1. The van der Waals surface area contributed by atoms with E-state index in [1.165, 1.54) is 6.39 Å². The Morgan fingerprint density at radius 1 is 1.30 bits per heavy atom. The maximum atomic E-state index is 12.0. The molecule has 3 N–H and O–H groups in total. The predicted octanol–water partition coefficient (Wildman–Crippen LogP) is 2.05. The van der Waals surface area contributed by atoms with E-state index >= 15 is 0 Å². The first-order valence-electron chi connectivity index (χ1n) is 6.31. The van der Waals surface area contributed by atoms with Crippen LogP contribution in [-0.4, -0.2) is 22.1 Å². The fourth-order valence-electron chi connectivity index (χ4n) is 1.61. The summed E-state index contributed by atoms with van der Waals surface area (Å²) < 4.78 is 5.09. The standard InChI is InChI=1S/C14H18N4O2/c1-14(2,3)11(15)12(19)17-10-6-4-9(5-7-10)13-18-16-8-20-13/h4-8,11H,15H2,1-3H3,(H,17,19)/t11-/m1/s1. The summed E-state index contributed by atoms with van der Waals surface area (Å²) in [6.07, 6.45) is 1.27. The van der Waals surface area contributed by atoms with Crippen LogP contribution in [0.25, 0.3) is 11.5 Å². The van der Waals surface area contributed by atoms with Crippen molar-refractivity contribution >= 4 is 11.6 Å². The number of nitrogens with two attached hydrogens (primary N) is 1. The molecule has 0 saturated heterocycles. The summed E-state index contributed by atoms with van der Waals surface area (Å²) in [6, 6.07) is 6.56. The zero-order valence-electron chi connectivity index (χ0n) is 11.8. The lowest BCUT2D eigenvalue weighted by molar-refractivity contribution is -0.119. The van der Waals surface area contributed by atoms with Crippen molar-refractivity contribution in [3.63, 3.8) is 0 Å². The number of amides is 1. The minimum absolute atomic E-state index is 0.206. The van der Waals surface area contributed by atoms with Crippen LogP contribution in [0.15, 0.2) is 35.1 Å². The van der Waals surface area contributed by atoms with E-state index in [9.17, 15) is 4.79 Å². The maximum absolute atomic E-state index is 12.0. The molecular formula is C14H18N4O2. The predicted molar refractivity (Wildman–Crippen MR) is 75.8 cm³/mol. The monoisotopic (exact) mass is 274 g/mol. The molecule has 0 fully saturated rings. The van der Waals surface area contributed by atoms with Crippen LogP contribution in [0.2, 0.25) is 0 Å². The highest BCUT2D eigenvalue weighted by atomic mass is 16.4. The third kappa shape index (κ3) is 3.21. The first-order valence-corrected chi connectivity index (χ1v) is 6.31. The van der Waals surface area contributed by atoms with Crippen LogP contribution in [0.3, 0.4) is 0 Å². The molecular weight excluding hydrogens is 256 g/mol. The molecule has 1 heterocycles. The number of nitrogens with one attached hydrogen (secondary N) is 1. The minimum atomic E-state index is -0.571. The number of rotatable bonds is 3. The lowest BCUT2D eigenvalue weighted by atomic mass is 9.87. The van der Waals surface area contributed by atoms with Crippen LogP contribution in [0.1, 0.15) is 20.8 Å². The van der Waals surface area contributed by atoms with Crippen molar-refractivity contribution in [3.8, 4) is 11.5 Å². The topological polar surface area (TPSA) is 94.0 Å². The molecule has 2 aromatic rings. The van der Waals surface area contributed by atoms with E-state index in [0.717, 1.165) is 5.56 Å². The van der Waals surface area contributed by atoms with E-state index in [2.05, 4.69) is 15.5 Å². The van der Waals surface area contributed by atoms with Gasteiger partial charge in [0.25, 0.3) is 0 Å². The Bertz CT molecular complexity index is 570. The van der Waals surface area contributed by atoms with Crippen LogP contribution < -0.4 is 11.1 Å². The molecule has 6 heteroatoms. The molecule has 0 aliphatic carbocycles. The molecule has 2 rings (SSSR count). The van der Waals surface area contributed by atoms with E-state index in [1.807, 2.05) is 20.8 Å². The van der Waals surface area contributed by atoms with Crippen molar-refractivity contribution in [2.45, 2.75) is 26.8 Å². The van der Waals surface area contributed by atoms with Crippen molar-refractivity contribution in [1.29, 1.82) is 0 Å². The van der Waals surface area contributed by atoms with Gasteiger partial charge >= 0.3 is 0 Å². The molecule has 0 bridgehead atoms. The van der Waals surface area contributed by atoms with Crippen molar-refractivity contribution in [2.75, 3.05) is 5.32 Å². The van der Waals surface area contributed by atoms with Crippen molar-refractivity contribution in [3.05, 3.63) is 30.7 Å². The second kappa shape index (κ2) is 5.42. The van der Waals surface area contributed by atoms with Crippen molar-refractivity contribution in [1.82, 2.24) is 10.2 Å². The number of hydrogen-bond donors (Lipinski definition) is 2. The van der Waals surface area contributed by atoms with Gasteiger partial charge in [0, 0.05) is 11.3 Å². The molecule has 1 aromatic heterocycles. The fraction of sp³-hybridized carbons (Fsp3) is 0.357. The molecule has 0 aliphatic heterocycles. The SMILES string of the molecule is CC(C)(C)[C@H](N)C(=O)Nc1ccc(-c2nnco2)cc1. The van der Waals surface area contributed by atoms with Gasteiger partial charge in [-0.3, -0.25) is 4.79 Å². The zero-order chi connectivity index (χ0) is 14.8. The molecule has 6 nitrogen and oxygen atoms in total. The summed E-state index contributed by atoms with van der Waals surface area (Å²) in [7, 11) is 0. The van der Waals surface area contributed by atoms with Crippen molar-refractivity contribution in [2.24, 2.45) is 11.1 Å². The number of anilines is 1. The summed E-state index contributed by atoms with van der Waals surface area (Å²) in [5, 5.41) is 10.2. The molecule has 0 saturated carbocycles. The molecule has 1 atom stereocenters. The van der Waals surface area contributed by atoms with Crippen LogP contribution in [0.4, 0.5) is 5.69 Å². The van der Waals surface area contributed by atoms with Gasteiger partial charge in [0.1, 0.15) is 0 Å². The second-order valence-electron chi connectivity index (χ2n) is 5.65. The Kier molecular flexibility index (Phi) is 3.85. The average molecular weight is 274 g/mol. The highest BCUT2D eigenvalue weighted by Gasteiger charge is 2.27. The minimum Gasteiger partial charge on any atom is -0.423 e. The van der Waals surface area contributed by atoms with Crippen LogP contribution in [0, 0.1) is 5.41 Å². The van der Waals surface area contributed by atoms with E-state index in [1.54, 1.807) is 24.3 Å². The lowest BCUT2D eigenvalue weighted by Crippen LogP contribution is -2.45. The summed E-state index contributed by atoms with van der Waals surface area (Å²) in [4.78, 5) is 12.0. The Morgan fingerprint density at radius 2 is 1.95 bits per heavy atom. The van der Waals surface area contributed by atoms with Gasteiger partial charge in [-0.05, 0) is 29.7 Å². The Hall–Kier alpha value is -2.21. The van der Waals surface area contributed by atoms with E-state index < -0.39 is 6.04 Å². The van der Waals surface area contributed by atoms with E-state index in [0.29, 0.717) is 11.6 Å². The summed E-state index contributed by atoms with van der Waals surface area (Å²) >= 11 is 0. The summed E-state index contributed by atoms with van der Waals surface area (Å²) in [5.74, 6) is 0.234. The first-order chi connectivity index (χ1) is 9.38. The van der Waals surface area contributed by atoms with Gasteiger partial charge in [0.2, 0.25) is 18.2 Å². The highest BCUT2D eigenvalue weighted by Crippen LogP contribution is 2.21. The normalized spacial score (nSPS) is 13.0. The smallest absolute Gasteiger partial charge is 0.247 e. The molecule has 0 spiro atoms. The van der Waals surface area contributed by atoms with Crippen LogP contribution in [0.5, 0.6) is 0 Å². The van der Waals surface area contributed by atoms with Crippen LogP contribution >= 0.6 is 0 Å². The lowest BCUT2D eigenvalue weighted by Gasteiger charge is -2.25. The van der Waals surface area contributed by atoms with Crippen molar-refractivity contribution < 1.29 is 9.21 Å². The number of aromatic nitrogens is 2. The van der Waals surface area contributed by atoms with Gasteiger partial charge in [0.15, 0.2) is 0 Å². The molecule has 20 heavy (non-hydrogen) atoms. The second-order valence-corrected chi connectivity index (χ2v) is 5.65. The van der Waals surface area contributed by atoms with Gasteiger partial charge in [0.05, 0.1) is 6.04 Å². The molecule has 1 amide bonds. The number of nitrogens with zero attached hydrogens (tertiary/aromatic N) is 2. The molecule has 1 aromatic carbocycles. The van der Waals surface area contributed by atoms with Crippen LogP contribution in [-0.2, 0) is 4.79 Å². The third-order valence-electron chi connectivity index (χ3n) is 2.97. The Balaban J connectivity index is 2.06. The largest absolute Gasteiger partial charge is 0.423 e. The Morgan fingerprint density at radius 3 is 2.45 bits per heavy atom. The number of benzene rings is 1. The van der Waals surface area contributed by atoms with E-state index in [-0.39, 0.29) is 11.3 Å². The van der Waals surface area contributed by atoms with Gasteiger partial charge < -0.3 is 15.5 Å². The quantitative estimate of drug-likeness (QED) is 0.893. The Labute approximate surface area is 117 Å². The zero-order valence-corrected chi connectivity index (χ0v) is 11.8. The van der Waals surface area contributed by atoms with Gasteiger partial charge in [-0.15, -0.1) is 10.2 Å². The first kappa shape index (κ1) is 14.2. The molecule has 0 unspecified atom stereocenters. The number of carbonyl (C=O) groups excluding carboxylic acids is 1. The van der Waals surface area contributed by atoms with E-state index in [4.69, 9.17) is 10.2 Å². The molecule has 0 radical (unpaired) electrons. The maximum Gasteiger partial charge on any atom is 0.247 e. The van der Waals surface area contributed by atoms with Gasteiger partial charge in [-0.25, -0.2) is 0 Å².